The summed E-state index contributed by atoms with van der Waals surface area (Å²) in [4.78, 5) is 40.5. The fourth-order valence-electron chi connectivity index (χ4n) is 7.34. The van der Waals surface area contributed by atoms with Crippen molar-refractivity contribution in [3.63, 3.8) is 0 Å². The van der Waals surface area contributed by atoms with E-state index in [9.17, 15) is 14.4 Å². The molecule has 6 nitrogen and oxygen atoms in total. The summed E-state index contributed by atoms with van der Waals surface area (Å²) in [6.45, 7) is 2.70. The highest BCUT2D eigenvalue weighted by molar-refractivity contribution is 6.31. The Morgan fingerprint density at radius 3 is 2.25 bits per heavy atom. The molecule has 0 heterocycles. The molecular weight excluding hydrogens is 572 g/mol. The lowest BCUT2D eigenvalue weighted by Crippen LogP contribution is -2.48. The molecule has 44 heavy (non-hydrogen) atoms. The van der Waals surface area contributed by atoms with Gasteiger partial charge in [0.15, 0.2) is 0 Å². The van der Waals surface area contributed by atoms with E-state index >= 15 is 0 Å². The summed E-state index contributed by atoms with van der Waals surface area (Å²) in [6.07, 6.45) is 9.56. The number of aryl methyl sites for hydroxylation is 2. The van der Waals surface area contributed by atoms with Gasteiger partial charge in [0.05, 0.1) is 11.3 Å². The lowest BCUT2D eigenvalue weighted by atomic mass is 9.67. The highest BCUT2D eigenvalue weighted by atomic mass is 35.5. The van der Waals surface area contributed by atoms with Gasteiger partial charge in [0, 0.05) is 29.1 Å². The monoisotopic (exact) mass is 618 g/mol. The number of carbonyl (C=O) groups is 3. The molecule has 0 bridgehead atoms. The van der Waals surface area contributed by atoms with Crippen molar-refractivity contribution < 1.29 is 19.1 Å². The Morgan fingerprint density at radius 2 is 1.61 bits per heavy atom. The number of ketones is 1. The van der Waals surface area contributed by atoms with Crippen LogP contribution in [0.4, 0.5) is 0 Å². The molecule has 3 fully saturated rings. The van der Waals surface area contributed by atoms with E-state index in [0.29, 0.717) is 50.9 Å². The number of rotatable bonds is 12. The fourth-order valence-corrected chi connectivity index (χ4v) is 7.57. The molecule has 0 radical (unpaired) electrons. The minimum atomic E-state index is -0.826. The summed E-state index contributed by atoms with van der Waals surface area (Å²) in [6, 6.07) is 16.3. The molecule has 0 spiro atoms. The second-order valence-corrected chi connectivity index (χ2v) is 13.7. The van der Waals surface area contributed by atoms with Crippen LogP contribution in [0.3, 0.4) is 0 Å². The molecular formula is C37H47ClN2O4. The number of ether oxygens (including phenoxy) is 1. The Bertz CT molecular complexity index is 1320. The van der Waals surface area contributed by atoms with Gasteiger partial charge in [-0.05, 0) is 112 Å². The average molecular weight is 619 g/mol. The van der Waals surface area contributed by atoms with Crippen LogP contribution < -0.4 is 5.32 Å². The summed E-state index contributed by atoms with van der Waals surface area (Å²) in [5, 5.41) is 11.8. The van der Waals surface area contributed by atoms with Gasteiger partial charge < -0.3 is 15.5 Å². The van der Waals surface area contributed by atoms with Crippen molar-refractivity contribution in [3.05, 3.63) is 70.2 Å². The van der Waals surface area contributed by atoms with Crippen LogP contribution in [-0.4, -0.2) is 36.5 Å². The van der Waals surface area contributed by atoms with E-state index in [1.165, 1.54) is 11.1 Å². The van der Waals surface area contributed by atoms with E-state index in [-0.39, 0.29) is 42.2 Å². The first-order valence-electron chi connectivity index (χ1n) is 16.7. The predicted octanol–water partition coefficient (Wildman–Crippen LogP) is 7.64. The zero-order valence-corrected chi connectivity index (χ0v) is 26.8. The molecule has 5 rings (SSSR count). The molecule has 236 valence electrons. The van der Waals surface area contributed by atoms with Crippen LogP contribution in [0.15, 0.2) is 48.5 Å². The van der Waals surface area contributed by atoms with Gasteiger partial charge in [0.1, 0.15) is 12.4 Å². The second kappa shape index (κ2) is 14.9. The van der Waals surface area contributed by atoms with E-state index in [1.807, 2.05) is 24.3 Å². The van der Waals surface area contributed by atoms with Crippen molar-refractivity contribution in [3.8, 4) is 0 Å². The van der Waals surface area contributed by atoms with Gasteiger partial charge in [-0.15, -0.1) is 0 Å². The number of amides is 1. The quantitative estimate of drug-likeness (QED) is 0.189. The minimum Gasteiger partial charge on any atom is -0.464 e. The van der Waals surface area contributed by atoms with Crippen molar-refractivity contribution in [2.24, 2.45) is 23.2 Å². The highest BCUT2D eigenvalue weighted by Gasteiger charge is 2.46. The fraction of sp³-hybridized carbons (Fsp3) is 0.568. The third kappa shape index (κ3) is 7.62. The number of carbonyl (C=O) groups excluding carboxylic acids is 3. The molecule has 2 N–H and O–H groups in total. The van der Waals surface area contributed by atoms with Gasteiger partial charge in [-0.3, -0.25) is 14.4 Å². The van der Waals surface area contributed by atoms with Crippen molar-refractivity contribution in [2.75, 3.05) is 13.2 Å². The molecule has 7 heteroatoms. The van der Waals surface area contributed by atoms with Crippen LogP contribution in [0, 0.1) is 28.6 Å². The summed E-state index contributed by atoms with van der Waals surface area (Å²) in [5.41, 5.74) is 3.44. The zero-order chi connectivity index (χ0) is 31.1. The predicted molar refractivity (Wildman–Crippen MR) is 174 cm³/mol. The molecule has 3 aliphatic rings. The topological polar surface area (TPSA) is 96.3 Å². The molecule has 0 aliphatic heterocycles. The summed E-state index contributed by atoms with van der Waals surface area (Å²) in [7, 11) is 0. The number of nitrogens with one attached hydrogen (secondary N) is 2. The Morgan fingerprint density at radius 1 is 0.932 bits per heavy atom. The third-order valence-electron chi connectivity index (χ3n) is 10.6. The first-order valence-corrected chi connectivity index (χ1v) is 17.0. The largest absolute Gasteiger partial charge is 0.464 e. The summed E-state index contributed by atoms with van der Waals surface area (Å²) < 4.78 is 6.00. The molecule has 0 aromatic heterocycles. The molecule has 3 aliphatic carbocycles. The molecule has 3 saturated carbocycles. The Balaban J connectivity index is 1.20. The van der Waals surface area contributed by atoms with Crippen LogP contribution >= 0.6 is 11.6 Å². The lowest BCUT2D eigenvalue weighted by molar-refractivity contribution is -0.161. The number of hydrogen-bond donors (Lipinski definition) is 2. The van der Waals surface area contributed by atoms with Gasteiger partial charge in [0.2, 0.25) is 5.91 Å². The van der Waals surface area contributed by atoms with Gasteiger partial charge in [-0.25, -0.2) is 0 Å². The number of hydrogen-bond acceptors (Lipinski definition) is 5. The summed E-state index contributed by atoms with van der Waals surface area (Å²) in [5.74, 6) is -0.0493. The Kier molecular flexibility index (Phi) is 10.9. The van der Waals surface area contributed by atoms with Crippen molar-refractivity contribution in [2.45, 2.75) is 96.3 Å². The Labute approximate surface area is 267 Å². The van der Waals surface area contributed by atoms with Gasteiger partial charge in [-0.2, -0.15) is 0 Å². The third-order valence-corrected chi connectivity index (χ3v) is 10.9. The molecule has 2 unspecified atom stereocenters. The van der Waals surface area contributed by atoms with Crippen molar-refractivity contribution >= 4 is 35.0 Å². The van der Waals surface area contributed by atoms with Crippen LogP contribution in [0.1, 0.15) is 100 Å². The zero-order valence-electron chi connectivity index (χ0n) is 26.0. The second-order valence-electron chi connectivity index (χ2n) is 13.3. The first-order chi connectivity index (χ1) is 21.3. The number of Topliss-reactive ketones (excluding diaryl/α,β-unsaturated/α-hetero) is 1. The van der Waals surface area contributed by atoms with E-state index in [1.54, 1.807) is 0 Å². The average Bonchev–Trinajstić information content (AvgIpc) is 3.03. The smallest absolute Gasteiger partial charge is 0.309 e. The molecule has 0 saturated heterocycles. The molecule has 2 atom stereocenters. The number of halogens is 1. The SMILES string of the molecule is CCc1ccc(C2CCC2C(=O)OCC2(C(=O)NCCCc3ccccc3Cl)CCC(C(=O)C3CCC(=N)CC3)CC2)cc1. The minimum absolute atomic E-state index is 0.0278. The van der Waals surface area contributed by atoms with Gasteiger partial charge in [-0.1, -0.05) is 61.0 Å². The standard InChI is InChI=1S/C37H47ClN2O4/c1-2-25-9-11-26(12-10-25)31-17-18-32(31)35(42)44-24-37(36(43)40-23-5-7-27-6-3-4-8-33(27)38)21-19-29(20-22-37)34(41)28-13-15-30(39)16-14-28/h3-4,6,8-12,28-29,31-32,39H,2,5,7,13-24H2,1H3,(H,40,43). The number of benzene rings is 2. The van der Waals surface area contributed by atoms with Crippen LogP contribution in [0.25, 0.3) is 0 Å². The maximum absolute atomic E-state index is 13.8. The van der Waals surface area contributed by atoms with Crippen molar-refractivity contribution in [1.29, 1.82) is 5.41 Å². The van der Waals surface area contributed by atoms with Gasteiger partial charge in [0.25, 0.3) is 0 Å². The van der Waals surface area contributed by atoms with Crippen LogP contribution in [0.2, 0.25) is 5.02 Å². The van der Waals surface area contributed by atoms with Crippen LogP contribution in [-0.2, 0) is 32.0 Å². The van der Waals surface area contributed by atoms with E-state index in [4.69, 9.17) is 21.7 Å². The maximum Gasteiger partial charge on any atom is 0.309 e. The summed E-state index contributed by atoms with van der Waals surface area (Å²) >= 11 is 6.31. The van der Waals surface area contributed by atoms with Crippen molar-refractivity contribution in [1.82, 2.24) is 5.32 Å². The number of esters is 1. The first kappa shape index (κ1) is 32.4. The highest BCUT2D eigenvalue weighted by Crippen LogP contribution is 2.45. The van der Waals surface area contributed by atoms with E-state index in [2.05, 4.69) is 36.5 Å². The lowest BCUT2D eigenvalue weighted by Gasteiger charge is -2.40. The molecule has 1 amide bonds. The molecule has 2 aromatic carbocycles. The van der Waals surface area contributed by atoms with Crippen LogP contribution in [0.5, 0.6) is 0 Å². The normalized spacial score (nSPS) is 26.8. The van der Waals surface area contributed by atoms with Gasteiger partial charge >= 0.3 is 5.97 Å². The maximum atomic E-state index is 13.8. The van der Waals surface area contributed by atoms with E-state index < -0.39 is 5.41 Å². The van der Waals surface area contributed by atoms with E-state index in [0.717, 1.165) is 61.2 Å². The molecule has 2 aromatic rings. The Hall–Kier alpha value is -2.99.